The van der Waals surface area contributed by atoms with Crippen LogP contribution in [0, 0.1) is 0 Å². The van der Waals surface area contributed by atoms with Crippen LogP contribution >= 0.6 is 11.3 Å². The van der Waals surface area contributed by atoms with Crippen LogP contribution in [0.3, 0.4) is 0 Å². The summed E-state index contributed by atoms with van der Waals surface area (Å²) in [6.45, 7) is 0.969. The first-order chi connectivity index (χ1) is 8.33. The third-order valence-electron chi connectivity index (χ3n) is 3.35. The molecule has 0 saturated heterocycles. The first kappa shape index (κ1) is 10.8. The number of fused-ring (bicyclic) bond motifs is 1. The highest BCUT2D eigenvalue weighted by atomic mass is 32.1. The third-order valence-corrected chi connectivity index (χ3v) is 4.08. The Morgan fingerprint density at radius 1 is 1.29 bits per heavy atom. The van der Waals surface area contributed by atoms with E-state index in [1.54, 1.807) is 11.3 Å². The number of ketones is 1. The lowest BCUT2D eigenvalue weighted by molar-refractivity contribution is 0.0973. The molecule has 0 unspecified atom stereocenters. The van der Waals surface area contributed by atoms with Crippen LogP contribution in [0.2, 0.25) is 0 Å². The maximum atomic E-state index is 11.7. The van der Waals surface area contributed by atoms with E-state index in [9.17, 15) is 4.79 Å². The van der Waals surface area contributed by atoms with Crippen LogP contribution < -0.4 is 0 Å². The van der Waals surface area contributed by atoms with Gasteiger partial charge in [0.05, 0.1) is 0 Å². The Kier molecular flexibility index (Phi) is 2.85. The molecule has 0 amide bonds. The lowest BCUT2D eigenvalue weighted by atomic mass is 9.95. The van der Waals surface area contributed by atoms with E-state index >= 15 is 0 Å². The van der Waals surface area contributed by atoms with Crippen LogP contribution in [0.25, 0.3) is 0 Å². The molecule has 2 aromatic heterocycles. The fourth-order valence-electron chi connectivity index (χ4n) is 2.40. The Labute approximate surface area is 105 Å². The molecule has 0 saturated carbocycles. The van der Waals surface area contributed by atoms with Crippen molar-refractivity contribution >= 4 is 17.1 Å². The van der Waals surface area contributed by atoms with Crippen molar-refractivity contribution < 1.29 is 4.79 Å². The number of aryl methyl sites for hydroxylation is 3. The Morgan fingerprint density at radius 2 is 2.24 bits per heavy atom. The molecule has 2 heterocycles. The molecule has 0 N–H and O–H groups in total. The molecule has 1 aliphatic carbocycles. The van der Waals surface area contributed by atoms with Gasteiger partial charge >= 0.3 is 0 Å². The second-order valence-electron chi connectivity index (χ2n) is 4.59. The normalized spacial score (nSPS) is 14.9. The van der Waals surface area contributed by atoms with Gasteiger partial charge in [-0.1, -0.05) is 0 Å². The van der Waals surface area contributed by atoms with E-state index in [0.717, 1.165) is 37.8 Å². The molecule has 17 heavy (non-hydrogen) atoms. The van der Waals surface area contributed by atoms with Crippen molar-refractivity contribution in [3.8, 4) is 0 Å². The summed E-state index contributed by atoms with van der Waals surface area (Å²) < 4.78 is 2.17. The van der Waals surface area contributed by atoms with Gasteiger partial charge in [-0.05, 0) is 47.2 Å². The van der Waals surface area contributed by atoms with E-state index in [4.69, 9.17) is 0 Å². The van der Waals surface area contributed by atoms with Gasteiger partial charge in [-0.25, -0.2) is 0 Å². The van der Waals surface area contributed by atoms with Gasteiger partial charge < -0.3 is 4.57 Å². The minimum absolute atomic E-state index is 0.320. The molecule has 0 atom stereocenters. The fourth-order valence-corrected chi connectivity index (χ4v) is 3.11. The SMILES string of the molecule is O=C1CCCc2cn(CCc3ccsc3)cc21. The van der Waals surface area contributed by atoms with Crippen molar-refractivity contribution in [3.63, 3.8) is 0 Å². The van der Waals surface area contributed by atoms with Crippen LogP contribution in [0.5, 0.6) is 0 Å². The van der Waals surface area contributed by atoms with E-state index < -0.39 is 0 Å². The summed E-state index contributed by atoms with van der Waals surface area (Å²) in [6, 6.07) is 2.17. The minimum atomic E-state index is 0.320. The number of Topliss-reactive ketones (excluding diaryl/α,β-unsaturated/α-hetero) is 1. The number of carbonyl (C=O) groups is 1. The molecule has 0 aromatic carbocycles. The maximum Gasteiger partial charge on any atom is 0.164 e. The van der Waals surface area contributed by atoms with Gasteiger partial charge in [0.25, 0.3) is 0 Å². The van der Waals surface area contributed by atoms with Gasteiger partial charge in [0.2, 0.25) is 0 Å². The van der Waals surface area contributed by atoms with Crippen LogP contribution in [0.4, 0.5) is 0 Å². The third kappa shape index (κ3) is 2.20. The zero-order valence-corrected chi connectivity index (χ0v) is 10.5. The van der Waals surface area contributed by atoms with Crippen molar-refractivity contribution in [2.75, 3.05) is 0 Å². The van der Waals surface area contributed by atoms with E-state index in [1.807, 2.05) is 6.20 Å². The van der Waals surface area contributed by atoms with Gasteiger partial charge in [0, 0.05) is 30.9 Å². The topological polar surface area (TPSA) is 22.0 Å². The number of thiophene rings is 1. The summed E-state index contributed by atoms with van der Waals surface area (Å²) in [7, 11) is 0. The zero-order valence-electron chi connectivity index (χ0n) is 9.69. The van der Waals surface area contributed by atoms with E-state index in [1.165, 1.54) is 11.1 Å². The Morgan fingerprint density at radius 3 is 3.00 bits per heavy atom. The molecular formula is C14H15NOS. The Bertz CT molecular complexity index is 524. The highest BCUT2D eigenvalue weighted by Crippen LogP contribution is 2.22. The van der Waals surface area contributed by atoms with E-state index in [-0.39, 0.29) is 0 Å². The summed E-state index contributed by atoms with van der Waals surface area (Å²) >= 11 is 1.74. The van der Waals surface area contributed by atoms with Crippen LogP contribution in [-0.2, 0) is 19.4 Å². The minimum Gasteiger partial charge on any atom is -0.353 e. The van der Waals surface area contributed by atoms with Crippen LogP contribution in [0.15, 0.2) is 29.2 Å². The number of hydrogen-bond donors (Lipinski definition) is 0. The predicted octanol–water partition coefficient (Wildman–Crippen LogP) is 3.31. The summed E-state index contributed by atoms with van der Waals surface area (Å²) in [5.41, 5.74) is 3.58. The lowest BCUT2D eigenvalue weighted by Gasteiger charge is -2.07. The standard InChI is InChI=1S/C14H15NOS/c16-14-3-1-2-12-8-15(9-13(12)14)6-4-11-5-7-17-10-11/h5,7-10H,1-4,6H2. The molecule has 0 spiro atoms. The van der Waals surface area contributed by atoms with E-state index in [2.05, 4.69) is 27.6 Å². The second kappa shape index (κ2) is 4.49. The molecule has 0 bridgehead atoms. The number of carbonyl (C=O) groups excluding carboxylic acids is 1. The summed E-state index contributed by atoms with van der Waals surface area (Å²) in [5, 5.41) is 4.30. The second-order valence-corrected chi connectivity index (χ2v) is 5.37. The molecule has 0 fully saturated rings. The van der Waals surface area contributed by atoms with Crippen molar-refractivity contribution in [2.45, 2.75) is 32.2 Å². The predicted molar refractivity (Wildman–Crippen MR) is 69.7 cm³/mol. The van der Waals surface area contributed by atoms with Crippen molar-refractivity contribution in [1.29, 1.82) is 0 Å². The molecule has 3 heteroatoms. The molecule has 1 aliphatic rings. The van der Waals surface area contributed by atoms with Gasteiger partial charge in [0.1, 0.15) is 0 Å². The van der Waals surface area contributed by atoms with Crippen LogP contribution in [-0.4, -0.2) is 10.4 Å². The number of nitrogens with zero attached hydrogens (tertiary/aromatic N) is 1. The van der Waals surface area contributed by atoms with Crippen molar-refractivity contribution in [2.24, 2.45) is 0 Å². The Hall–Kier alpha value is -1.35. The quantitative estimate of drug-likeness (QED) is 0.813. The summed E-state index contributed by atoms with van der Waals surface area (Å²) in [6.07, 6.45) is 8.03. The summed E-state index contributed by atoms with van der Waals surface area (Å²) in [4.78, 5) is 11.7. The highest BCUT2D eigenvalue weighted by molar-refractivity contribution is 7.07. The van der Waals surface area contributed by atoms with Crippen molar-refractivity contribution in [3.05, 3.63) is 45.9 Å². The van der Waals surface area contributed by atoms with Crippen molar-refractivity contribution in [1.82, 2.24) is 4.57 Å². The average Bonchev–Trinajstić information content (AvgIpc) is 2.95. The number of aromatic nitrogens is 1. The molecular weight excluding hydrogens is 230 g/mol. The first-order valence-corrected chi connectivity index (χ1v) is 7.00. The molecule has 3 rings (SSSR count). The van der Waals surface area contributed by atoms with Gasteiger partial charge in [-0.3, -0.25) is 4.79 Å². The van der Waals surface area contributed by atoms with Gasteiger partial charge in [0.15, 0.2) is 5.78 Å². The molecule has 2 aromatic rings. The summed E-state index contributed by atoms with van der Waals surface area (Å²) in [5.74, 6) is 0.320. The monoisotopic (exact) mass is 245 g/mol. The first-order valence-electron chi connectivity index (χ1n) is 6.06. The molecule has 0 aliphatic heterocycles. The molecule has 88 valence electrons. The van der Waals surface area contributed by atoms with Crippen LogP contribution in [0.1, 0.15) is 34.3 Å². The largest absolute Gasteiger partial charge is 0.353 e. The number of hydrogen-bond acceptors (Lipinski definition) is 2. The smallest absolute Gasteiger partial charge is 0.164 e. The average molecular weight is 245 g/mol. The van der Waals surface area contributed by atoms with Gasteiger partial charge in [-0.2, -0.15) is 11.3 Å². The zero-order chi connectivity index (χ0) is 11.7. The maximum absolute atomic E-state index is 11.7. The van der Waals surface area contributed by atoms with E-state index in [0.29, 0.717) is 5.78 Å². The molecule has 2 nitrogen and oxygen atoms in total. The fraction of sp³-hybridized carbons (Fsp3) is 0.357. The van der Waals surface area contributed by atoms with Gasteiger partial charge in [-0.15, -0.1) is 0 Å². The molecule has 0 radical (unpaired) electrons. The number of rotatable bonds is 3. The highest BCUT2D eigenvalue weighted by Gasteiger charge is 2.18. The lowest BCUT2D eigenvalue weighted by Crippen LogP contribution is -2.07. The Balaban J connectivity index is 1.74.